The van der Waals surface area contributed by atoms with Gasteiger partial charge in [-0.3, -0.25) is 4.68 Å². The second-order valence-corrected chi connectivity index (χ2v) is 8.76. The molecule has 218 valence electrons. The van der Waals surface area contributed by atoms with E-state index in [4.69, 9.17) is 9.47 Å². The molecule has 4 aromatic rings. The van der Waals surface area contributed by atoms with Crippen molar-refractivity contribution < 1.29 is 46.1 Å². The molecule has 41 heavy (non-hydrogen) atoms. The SMILES string of the molecule is CCOC(=O)COC(=O)N[C@@H]1COc2c(-c3[nH]c4ncccc4c3-c3cn(C)nc3OC(F)F)c(C(F)F)nn2C1. The molecule has 1 amide bonds. The van der Waals surface area contributed by atoms with Crippen molar-refractivity contribution in [3.63, 3.8) is 0 Å². The Morgan fingerprint density at radius 3 is 2.76 bits per heavy atom. The van der Waals surface area contributed by atoms with Gasteiger partial charge in [-0.2, -0.15) is 13.9 Å². The molecule has 0 radical (unpaired) electrons. The Labute approximate surface area is 228 Å². The van der Waals surface area contributed by atoms with Gasteiger partial charge in [-0.1, -0.05) is 0 Å². The molecule has 4 aromatic heterocycles. The van der Waals surface area contributed by atoms with Crippen LogP contribution in [0.3, 0.4) is 0 Å². The predicted molar refractivity (Wildman–Crippen MR) is 132 cm³/mol. The Morgan fingerprint density at radius 2 is 2.02 bits per heavy atom. The highest BCUT2D eigenvalue weighted by Crippen LogP contribution is 2.47. The lowest BCUT2D eigenvalue weighted by Crippen LogP contribution is -2.45. The van der Waals surface area contributed by atoms with E-state index in [0.29, 0.717) is 5.39 Å². The van der Waals surface area contributed by atoms with Crippen molar-refractivity contribution in [2.75, 3.05) is 19.8 Å². The number of alkyl carbamates (subject to hydrolysis) is 1. The number of pyridine rings is 1. The number of aryl methyl sites for hydroxylation is 1. The summed E-state index contributed by atoms with van der Waals surface area (Å²) in [5, 5.41) is 10.9. The van der Waals surface area contributed by atoms with Crippen LogP contribution in [0, 0.1) is 0 Å². The van der Waals surface area contributed by atoms with Crippen LogP contribution in [0.15, 0.2) is 24.5 Å². The summed E-state index contributed by atoms with van der Waals surface area (Å²) in [6.45, 7) is -2.31. The molecule has 0 spiro atoms. The summed E-state index contributed by atoms with van der Waals surface area (Å²) < 4.78 is 77.4. The van der Waals surface area contributed by atoms with Crippen LogP contribution in [0.4, 0.5) is 22.4 Å². The minimum atomic E-state index is -3.19. The van der Waals surface area contributed by atoms with E-state index in [9.17, 15) is 27.2 Å². The zero-order chi connectivity index (χ0) is 29.3. The maximum absolute atomic E-state index is 14.4. The van der Waals surface area contributed by atoms with Crippen molar-refractivity contribution in [1.82, 2.24) is 34.8 Å². The maximum atomic E-state index is 14.4. The summed E-state index contributed by atoms with van der Waals surface area (Å²) in [6, 6.07) is 2.49. The Bertz CT molecular complexity index is 1580. The van der Waals surface area contributed by atoms with Gasteiger partial charge in [0.1, 0.15) is 17.9 Å². The van der Waals surface area contributed by atoms with Crippen molar-refractivity contribution in [1.29, 1.82) is 0 Å². The van der Waals surface area contributed by atoms with Gasteiger partial charge in [-0.05, 0) is 19.1 Å². The van der Waals surface area contributed by atoms with Crippen LogP contribution in [-0.2, 0) is 27.9 Å². The second kappa shape index (κ2) is 11.3. The van der Waals surface area contributed by atoms with Crippen LogP contribution in [0.2, 0.25) is 0 Å². The Hall–Kier alpha value is -4.83. The Morgan fingerprint density at radius 1 is 1.22 bits per heavy atom. The monoisotopic (exact) mass is 581 g/mol. The fourth-order valence-corrected chi connectivity index (χ4v) is 4.49. The number of halogens is 4. The van der Waals surface area contributed by atoms with Gasteiger partial charge in [0.2, 0.25) is 11.8 Å². The number of nitrogens with zero attached hydrogens (tertiary/aromatic N) is 5. The van der Waals surface area contributed by atoms with Crippen LogP contribution >= 0.6 is 0 Å². The number of H-pyrrole nitrogens is 1. The Kier molecular flexibility index (Phi) is 7.67. The number of fused-ring (bicyclic) bond motifs is 2. The zero-order valence-corrected chi connectivity index (χ0v) is 21.6. The van der Waals surface area contributed by atoms with E-state index in [2.05, 4.69) is 35.0 Å². The number of hydrogen-bond acceptors (Lipinski definition) is 9. The molecule has 0 aromatic carbocycles. The number of nitrogens with one attached hydrogen (secondary N) is 2. The second-order valence-electron chi connectivity index (χ2n) is 8.76. The first-order valence-corrected chi connectivity index (χ1v) is 12.2. The van der Waals surface area contributed by atoms with Gasteiger partial charge in [0.25, 0.3) is 6.43 Å². The van der Waals surface area contributed by atoms with Gasteiger partial charge in [0.05, 0.1) is 36.0 Å². The molecule has 1 atom stereocenters. The van der Waals surface area contributed by atoms with Crippen LogP contribution < -0.4 is 14.8 Å². The van der Waals surface area contributed by atoms with E-state index in [1.807, 2.05) is 0 Å². The van der Waals surface area contributed by atoms with Crippen molar-refractivity contribution >= 4 is 23.1 Å². The number of ether oxygens (including phenoxy) is 4. The molecule has 0 fully saturated rings. The molecule has 2 N–H and O–H groups in total. The molecular weight excluding hydrogens is 558 g/mol. The molecule has 0 unspecified atom stereocenters. The standard InChI is InChI=1S/C24H23F4N7O6/c1-3-38-14(36)10-40-24(37)30-11-7-35-22(39-9-11)16(18(32-35)19(25)26)17-15(12-5-4-6-29-20(12)31-17)13-8-34(2)33-21(13)41-23(27)28/h4-6,8,11,19,23H,3,7,9-10H2,1-2H3,(H,29,31)(H,30,37)/t11-/m0/s1. The van der Waals surface area contributed by atoms with Gasteiger partial charge in [0.15, 0.2) is 6.61 Å². The van der Waals surface area contributed by atoms with Crippen molar-refractivity contribution in [3.05, 3.63) is 30.2 Å². The third-order valence-corrected chi connectivity index (χ3v) is 5.99. The quantitative estimate of drug-likeness (QED) is 0.224. The van der Waals surface area contributed by atoms with E-state index in [0.717, 1.165) is 4.68 Å². The number of alkyl halides is 4. The lowest BCUT2D eigenvalue weighted by atomic mass is 10.0. The van der Waals surface area contributed by atoms with Crippen LogP contribution in [0.25, 0.3) is 33.4 Å². The van der Waals surface area contributed by atoms with Gasteiger partial charge in [-0.15, -0.1) is 5.10 Å². The molecule has 0 saturated heterocycles. The fourth-order valence-electron chi connectivity index (χ4n) is 4.49. The molecule has 1 aliphatic heterocycles. The average Bonchev–Trinajstić information content (AvgIpc) is 3.59. The number of esters is 1. The zero-order valence-electron chi connectivity index (χ0n) is 21.6. The average molecular weight is 581 g/mol. The number of rotatable bonds is 9. The molecule has 5 heterocycles. The smallest absolute Gasteiger partial charge is 0.408 e. The van der Waals surface area contributed by atoms with Crippen molar-refractivity contribution in [3.8, 4) is 34.1 Å². The van der Waals surface area contributed by atoms with Gasteiger partial charge >= 0.3 is 18.7 Å². The maximum Gasteiger partial charge on any atom is 0.408 e. The number of hydrogen-bond donors (Lipinski definition) is 2. The number of aromatic amines is 1. The highest BCUT2D eigenvalue weighted by molar-refractivity contribution is 6.04. The molecule has 17 heteroatoms. The minimum Gasteiger partial charge on any atom is -0.475 e. The first kappa shape index (κ1) is 27.7. The van der Waals surface area contributed by atoms with E-state index < -0.39 is 49.3 Å². The molecule has 0 saturated carbocycles. The van der Waals surface area contributed by atoms with Crippen LogP contribution in [-0.4, -0.2) is 74.1 Å². The molecule has 1 aliphatic rings. The van der Waals surface area contributed by atoms with Gasteiger partial charge in [-0.25, -0.2) is 28.0 Å². The predicted octanol–water partition coefficient (Wildman–Crippen LogP) is 3.42. The topological polar surface area (TPSA) is 147 Å². The summed E-state index contributed by atoms with van der Waals surface area (Å²) in [4.78, 5) is 30.8. The van der Waals surface area contributed by atoms with Crippen molar-refractivity contribution in [2.24, 2.45) is 7.05 Å². The van der Waals surface area contributed by atoms with E-state index in [-0.39, 0.29) is 53.7 Å². The number of carbonyl (C=O) groups is 2. The third-order valence-electron chi connectivity index (χ3n) is 5.99. The first-order chi connectivity index (χ1) is 19.7. The Balaban J connectivity index is 1.53. The summed E-state index contributed by atoms with van der Waals surface area (Å²) in [7, 11) is 1.50. The normalized spacial score (nSPS) is 14.7. The summed E-state index contributed by atoms with van der Waals surface area (Å²) >= 11 is 0. The van der Waals surface area contributed by atoms with E-state index in [1.165, 1.54) is 24.1 Å². The fraction of sp³-hybridized carbons (Fsp3) is 0.375. The largest absolute Gasteiger partial charge is 0.475 e. The highest BCUT2D eigenvalue weighted by Gasteiger charge is 2.35. The highest BCUT2D eigenvalue weighted by atomic mass is 19.3. The molecule has 13 nitrogen and oxygen atoms in total. The first-order valence-electron chi connectivity index (χ1n) is 12.2. The number of amides is 1. The minimum absolute atomic E-state index is 0.0498. The lowest BCUT2D eigenvalue weighted by molar-refractivity contribution is -0.146. The molecular formula is C24H23F4N7O6. The lowest BCUT2D eigenvalue weighted by Gasteiger charge is -2.25. The van der Waals surface area contributed by atoms with E-state index >= 15 is 0 Å². The van der Waals surface area contributed by atoms with Gasteiger partial charge in [0, 0.05) is 30.4 Å². The number of carbonyl (C=O) groups excluding carboxylic acids is 2. The summed E-state index contributed by atoms with van der Waals surface area (Å²) in [5.74, 6) is -1.20. The number of aromatic nitrogens is 6. The molecule has 0 bridgehead atoms. The summed E-state index contributed by atoms with van der Waals surface area (Å²) in [6.07, 6.45) is -1.12. The van der Waals surface area contributed by atoms with E-state index in [1.54, 1.807) is 19.1 Å². The summed E-state index contributed by atoms with van der Waals surface area (Å²) in [5.41, 5.74) is -0.101. The van der Waals surface area contributed by atoms with Gasteiger partial charge < -0.3 is 29.2 Å². The van der Waals surface area contributed by atoms with Crippen molar-refractivity contribution in [2.45, 2.75) is 32.5 Å². The molecule has 5 rings (SSSR count). The third kappa shape index (κ3) is 5.59. The van der Waals surface area contributed by atoms with Crippen LogP contribution in [0.5, 0.6) is 11.8 Å². The van der Waals surface area contributed by atoms with Crippen LogP contribution in [0.1, 0.15) is 19.0 Å². The molecule has 0 aliphatic carbocycles.